The minimum atomic E-state index is 0. The lowest BCUT2D eigenvalue weighted by atomic mass is 9.96. The van der Waals surface area contributed by atoms with Gasteiger partial charge in [0.15, 0.2) is 0 Å². The molecule has 1 fully saturated rings. The van der Waals surface area contributed by atoms with Crippen LogP contribution in [0.5, 0.6) is 0 Å². The molecule has 0 aromatic carbocycles. The summed E-state index contributed by atoms with van der Waals surface area (Å²) in [7, 11) is 0. The Morgan fingerprint density at radius 1 is 1.56 bits per heavy atom. The number of rotatable bonds is 2. The molecular formula is C13H21ClN2O2. The van der Waals surface area contributed by atoms with E-state index in [4.69, 9.17) is 10.2 Å². The molecule has 1 aliphatic heterocycles. The summed E-state index contributed by atoms with van der Waals surface area (Å²) >= 11 is 0. The fourth-order valence-electron chi connectivity index (χ4n) is 2.52. The van der Waals surface area contributed by atoms with E-state index < -0.39 is 0 Å². The molecule has 2 N–H and O–H groups in total. The van der Waals surface area contributed by atoms with Gasteiger partial charge in [0.05, 0.1) is 11.8 Å². The predicted molar refractivity (Wildman–Crippen MR) is 73.0 cm³/mol. The maximum atomic E-state index is 12.4. The third kappa shape index (κ3) is 2.87. The molecule has 1 amide bonds. The quantitative estimate of drug-likeness (QED) is 0.899. The van der Waals surface area contributed by atoms with Gasteiger partial charge in [0.25, 0.3) is 5.91 Å². The van der Waals surface area contributed by atoms with Crippen molar-refractivity contribution < 1.29 is 9.21 Å². The van der Waals surface area contributed by atoms with Crippen molar-refractivity contribution in [3.05, 3.63) is 23.7 Å². The van der Waals surface area contributed by atoms with Gasteiger partial charge in [0.1, 0.15) is 5.76 Å². The van der Waals surface area contributed by atoms with Crippen molar-refractivity contribution in [3.8, 4) is 0 Å². The van der Waals surface area contributed by atoms with Gasteiger partial charge in [-0.1, -0.05) is 0 Å². The standard InChI is InChI=1S/C13H20N2O2.ClH/c1-9(14)12-5-3-4-7-15(12)13(16)11-6-8-17-10(11)2;/h6,8-9,12H,3-5,7,14H2,1-2H3;1H. The lowest BCUT2D eigenvalue weighted by Crippen LogP contribution is -2.51. The van der Waals surface area contributed by atoms with E-state index in [0.717, 1.165) is 25.8 Å². The average Bonchev–Trinajstić information content (AvgIpc) is 2.74. The molecule has 102 valence electrons. The number of hydrogen-bond acceptors (Lipinski definition) is 3. The summed E-state index contributed by atoms with van der Waals surface area (Å²) in [5, 5.41) is 0. The lowest BCUT2D eigenvalue weighted by Gasteiger charge is -2.38. The van der Waals surface area contributed by atoms with E-state index in [-0.39, 0.29) is 30.4 Å². The molecule has 1 aromatic heterocycles. The second-order valence-electron chi connectivity index (χ2n) is 4.81. The fraction of sp³-hybridized carbons (Fsp3) is 0.615. The van der Waals surface area contributed by atoms with Gasteiger partial charge < -0.3 is 15.1 Å². The highest BCUT2D eigenvalue weighted by molar-refractivity contribution is 5.95. The minimum absolute atomic E-state index is 0. The highest BCUT2D eigenvalue weighted by atomic mass is 35.5. The summed E-state index contributed by atoms with van der Waals surface area (Å²) in [5.74, 6) is 0.738. The number of carbonyl (C=O) groups is 1. The number of likely N-dealkylation sites (tertiary alicyclic amines) is 1. The molecule has 2 unspecified atom stereocenters. The van der Waals surface area contributed by atoms with Crippen LogP contribution in [0.3, 0.4) is 0 Å². The molecule has 2 heterocycles. The first-order valence-electron chi connectivity index (χ1n) is 6.22. The molecule has 0 bridgehead atoms. The van der Waals surface area contributed by atoms with Gasteiger partial charge in [-0.15, -0.1) is 12.4 Å². The molecule has 1 saturated heterocycles. The van der Waals surface area contributed by atoms with Crippen LogP contribution in [0, 0.1) is 6.92 Å². The first-order chi connectivity index (χ1) is 8.11. The Morgan fingerprint density at radius 3 is 2.83 bits per heavy atom. The molecule has 1 aromatic rings. The molecule has 5 heteroatoms. The van der Waals surface area contributed by atoms with Crippen LogP contribution in [0.25, 0.3) is 0 Å². The Morgan fingerprint density at radius 2 is 2.28 bits per heavy atom. The Labute approximate surface area is 114 Å². The summed E-state index contributed by atoms with van der Waals surface area (Å²) in [4.78, 5) is 14.3. The number of carbonyl (C=O) groups excluding carboxylic acids is 1. The van der Waals surface area contributed by atoms with Crippen LogP contribution in [-0.2, 0) is 0 Å². The fourth-order valence-corrected chi connectivity index (χ4v) is 2.52. The number of piperidine rings is 1. The van der Waals surface area contributed by atoms with Crippen LogP contribution < -0.4 is 5.73 Å². The zero-order chi connectivity index (χ0) is 12.4. The van der Waals surface area contributed by atoms with Gasteiger partial charge in [-0.2, -0.15) is 0 Å². The predicted octanol–water partition coefficient (Wildman–Crippen LogP) is 2.35. The number of halogens is 1. The van der Waals surface area contributed by atoms with Gasteiger partial charge in [0.2, 0.25) is 0 Å². The highest BCUT2D eigenvalue weighted by Crippen LogP contribution is 2.22. The zero-order valence-corrected chi connectivity index (χ0v) is 11.7. The van der Waals surface area contributed by atoms with E-state index in [1.165, 1.54) is 0 Å². The molecular weight excluding hydrogens is 252 g/mol. The lowest BCUT2D eigenvalue weighted by molar-refractivity contribution is 0.0582. The van der Waals surface area contributed by atoms with Crippen molar-refractivity contribution in [2.45, 2.75) is 45.2 Å². The van der Waals surface area contributed by atoms with Gasteiger partial charge in [-0.25, -0.2) is 0 Å². The second kappa shape index (κ2) is 6.25. The van der Waals surface area contributed by atoms with E-state index in [2.05, 4.69) is 0 Å². The van der Waals surface area contributed by atoms with E-state index in [1.54, 1.807) is 12.3 Å². The Balaban J connectivity index is 0.00000162. The first kappa shape index (κ1) is 15.1. The van der Waals surface area contributed by atoms with Gasteiger partial charge in [-0.3, -0.25) is 4.79 Å². The third-order valence-corrected chi connectivity index (χ3v) is 3.51. The number of furan rings is 1. The van der Waals surface area contributed by atoms with Crippen LogP contribution in [0.2, 0.25) is 0 Å². The molecule has 1 aliphatic rings. The summed E-state index contributed by atoms with van der Waals surface area (Å²) in [6.07, 6.45) is 4.78. The molecule has 18 heavy (non-hydrogen) atoms. The van der Waals surface area contributed by atoms with Crippen molar-refractivity contribution in [2.24, 2.45) is 5.73 Å². The summed E-state index contributed by atoms with van der Waals surface area (Å²) in [5.41, 5.74) is 6.63. The van der Waals surface area contributed by atoms with Crippen molar-refractivity contribution in [2.75, 3.05) is 6.54 Å². The topological polar surface area (TPSA) is 59.5 Å². The molecule has 2 rings (SSSR count). The Kier molecular flexibility index (Phi) is 5.23. The molecule has 0 saturated carbocycles. The van der Waals surface area contributed by atoms with Crippen LogP contribution in [-0.4, -0.2) is 29.4 Å². The Hall–Kier alpha value is -1.00. The number of aryl methyl sites for hydroxylation is 1. The van der Waals surface area contributed by atoms with Crippen molar-refractivity contribution in [1.29, 1.82) is 0 Å². The van der Waals surface area contributed by atoms with Crippen LogP contribution in [0.1, 0.15) is 42.3 Å². The number of nitrogens with zero attached hydrogens (tertiary/aromatic N) is 1. The van der Waals surface area contributed by atoms with Crippen molar-refractivity contribution in [1.82, 2.24) is 4.90 Å². The van der Waals surface area contributed by atoms with Gasteiger partial charge in [0, 0.05) is 18.6 Å². The average molecular weight is 273 g/mol. The summed E-state index contributed by atoms with van der Waals surface area (Å²) in [6, 6.07) is 1.92. The van der Waals surface area contributed by atoms with E-state index in [1.807, 2.05) is 18.7 Å². The number of amides is 1. The number of hydrogen-bond donors (Lipinski definition) is 1. The Bertz CT molecular complexity index is 403. The van der Waals surface area contributed by atoms with Crippen molar-refractivity contribution in [3.63, 3.8) is 0 Å². The summed E-state index contributed by atoms with van der Waals surface area (Å²) < 4.78 is 5.19. The van der Waals surface area contributed by atoms with E-state index >= 15 is 0 Å². The van der Waals surface area contributed by atoms with Crippen molar-refractivity contribution >= 4 is 18.3 Å². The first-order valence-corrected chi connectivity index (χ1v) is 6.22. The summed E-state index contributed by atoms with van der Waals surface area (Å²) in [6.45, 7) is 4.59. The molecule has 4 nitrogen and oxygen atoms in total. The highest BCUT2D eigenvalue weighted by Gasteiger charge is 2.30. The second-order valence-corrected chi connectivity index (χ2v) is 4.81. The molecule has 0 radical (unpaired) electrons. The maximum absolute atomic E-state index is 12.4. The molecule has 0 spiro atoms. The van der Waals surface area contributed by atoms with Crippen LogP contribution >= 0.6 is 12.4 Å². The largest absolute Gasteiger partial charge is 0.469 e. The van der Waals surface area contributed by atoms with Gasteiger partial charge >= 0.3 is 0 Å². The molecule has 0 aliphatic carbocycles. The van der Waals surface area contributed by atoms with Gasteiger partial charge in [-0.05, 0) is 39.2 Å². The maximum Gasteiger partial charge on any atom is 0.257 e. The minimum Gasteiger partial charge on any atom is -0.469 e. The van der Waals surface area contributed by atoms with E-state index in [0.29, 0.717) is 11.3 Å². The monoisotopic (exact) mass is 272 g/mol. The zero-order valence-electron chi connectivity index (χ0n) is 10.9. The van der Waals surface area contributed by atoms with Crippen LogP contribution in [0.4, 0.5) is 0 Å². The smallest absolute Gasteiger partial charge is 0.257 e. The normalized spacial score (nSPS) is 21.3. The number of nitrogens with two attached hydrogens (primary N) is 1. The SMILES string of the molecule is Cc1occc1C(=O)N1CCCCC1C(C)N.Cl. The molecule has 2 atom stereocenters. The van der Waals surface area contributed by atoms with Crippen LogP contribution in [0.15, 0.2) is 16.7 Å². The third-order valence-electron chi connectivity index (χ3n) is 3.51. The van der Waals surface area contributed by atoms with E-state index in [9.17, 15) is 4.79 Å².